The minimum atomic E-state index is 0.612. The monoisotopic (exact) mass is 628 g/mol. The molecule has 0 amide bonds. The second kappa shape index (κ2) is 11.9. The molecule has 49 heavy (non-hydrogen) atoms. The van der Waals surface area contributed by atoms with Crippen LogP contribution in [-0.2, 0) is 0 Å². The molecule has 0 spiro atoms. The van der Waals surface area contributed by atoms with Crippen molar-refractivity contribution in [2.45, 2.75) is 6.42 Å². The summed E-state index contributed by atoms with van der Waals surface area (Å²) >= 11 is 0. The van der Waals surface area contributed by atoms with Crippen LogP contribution in [0.15, 0.2) is 170 Å². The first-order chi connectivity index (χ1) is 24.3. The van der Waals surface area contributed by atoms with Crippen LogP contribution >= 0.6 is 0 Å². The second-order valence-corrected chi connectivity index (χ2v) is 12.3. The zero-order chi connectivity index (χ0) is 32.7. The largest absolute Gasteiger partial charge is 0.307 e. The molecule has 8 aromatic rings. The first-order valence-electron chi connectivity index (χ1n) is 16.6. The lowest BCUT2D eigenvalue weighted by Gasteiger charge is -2.14. The fourth-order valence-electron chi connectivity index (χ4n) is 7.09. The van der Waals surface area contributed by atoms with Gasteiger partial charge in [0.15, 0.2) is 0 Å². The first kappa shape index (κ1) is 28.7. The fraction of sp³-hybridized carbons (Fsp3) is 0.0222. The SMILES string of the molecule is C=C1/C=C\C=C/C/C=C\c2c1c1c(c3c4ccccc4ccc3n1-c1nc(-c3ccccc3)cc(-c3ccccc3)n1)n2-c1ccccc1. The van der Waals surface area contributed by atoms with Crippen LogP contribution in [-0.4, -0.2) is 19.1 Å². The summed E-state index contributed by atoms with van der Waals surface area (Å²) in [6.07, 6.45) is 13.7. The lowest BCUT2D eigenvalue weighted by molar-refractivity contribution is 0.995. The van der Waals surface area contributed by atoms with Crippen LogP contribution in [0.4, 0.5) is 0 Å². The summed E-state index contributed by atoms with van der Waals surface area (Å²) in [6, 6.07) is 46.5. The molecule has 232 valence electrons. The molecule has 0 bridgehead atoms. The van der Waals surface area contributed by atoms with Gasteiger partial charge in [0.1, 0.15) is 0 Å². The highest BCUT2D eigenvalue weighted by Gasteiger charge is 2.28. The molecule has 0 radical (unpaired) electrons. The van der Waals surface area contributed by atoms with E-state index in [2.05, 4.69) is 173 Å². The summed E-state index contributed by atoms with van der Waals surface area (Å²) in [5.41, 5.74) is 11.1. The summed E-state index contributed by atoms with van der Waals surface area (Å²) in [4.78, 5) is 10.7. The Morgan fingerprint density at radius 3 is 1.94 bits per heavy atom. The molecule has 5 aromatic carbocycles. The number of hydrogen-bond donors (Lipinski definition) is 0. The number of para-hydroxylation sites is 1. The van der Waals surface area contributed by atoms with Crippen molar-refractivity contribution in [2.75, 3.05) is 0 Å². The van der Waals surface area contributed by atoms with Crippen LogP contribution in [0.3, 0.4) is 0 Å². The molecule has 0 saturated carbocycles. The van der Waals surface area contributed by atoms with Crippen LogP contribution < -0.4 is 0 Å². The fourth-order valence-corrected chi connectivity index (χ4v) is 7.09. The van der Waals surface area contributed by atoms with Crippen LogP contribution in [0.25, 0.3) is 78.5 Å². The molecule has 4 heteroatoms. The van der Waals surface area contributed by atoms with E-state index < -0.39 is 0 Å². The Labute approximate surface area is 285 Å². The van der Waals surface area contributed by atoms with Crippen molar-refractivity contribution in [1.29, 1.82) is 0 Å². The molecule has 0 saturated heterocycles. The predicted octanol–water partition coefficient (Wildman–Crippen LogP) is 11.4. The highest BCUT2D eigenvalue weighted by molar-refractivity contribution is 6.23. The lowest BCUT2D eigenvalue weighted by atomic mass is 10.0. The summed E-state index contributed by atoms with van der Waals surface area (Å²) in [5.74, 6) is 0.612. The second-order valence-electron chi connectivity index (χ2n) is 12.3. The van der Waals surface area contributed by atoms with Gasteiger partial charge in [-0.15, -0.1) is 0 Å². The average Bonchev–Trinajstić information content (AvgIpc) is 3.67. The van der Waals surface area contributed by atoms with Gasteiger partial charge in [0.05, 0.1) is 33.6 Å². The van der Waals surface area contributed by atoms with Gasteiger partial charge < -0.3 is 4.57 Å². The van der Waals surface area contributed by atoms with Gasteiger partial charge in [-0.2, -0.15) is 0 Å². The Balaban J connectivity index is 1.50. The number of aromatic nitrogens is 4. The first-order valence-corrected chi connectivity index (χ1v) is 16.6. The Morgan fingerprint density at radius 1 is 0.571 bits per heavy atom. The highest BCUT2D eigenvalue weighted by Crippen LogP contribution is 2.45. The Hall–Kier alpha value is -6.52. The van der Waals surface area contributed by atoms with Gasteiger partial charge in [-0.3, -0.25) is 4.57 Å². The molecule has 1 aliphatic rings. The smallest absolute Gasteiger partial charge is 0.235 e. The lowest BCUT2D eigenvalue weighted by Crippen LogP contribution is -2.05. The zero-order valence-electron chi connectivity index (χ0n) is 26.9. The molecule has 0 unspecified atom stereocenters. The van der Waals surface area contributed by atoms with Crippen molar-refractivity contribution in [3.8, 4) is 34.2 Å². The van der Waals surface area contributed by atoms with Crippen LogP contribution in [0.1, 0.15) is 17.7 Å². The molecule has 3 heterocycles. The number of hydrogen-bond acceptors (Lipinski definition) is 2. The normalized spacial score (nSPS) is 15.0. The third-order valence-corrected chi connectivity index (χ3v) is 9.27. The van der Waals surface area contributed by atoms with Gasteiger partial charge in [0.25, 0.3) is 0 Å². The Bertz CT molecular complexity index is 2560. The summed E-state index contributed by atoms with van der Waals surface area (Å²) in [5, 5.41) is 3.51. The molecule has 0 aliphatic heterocycles. The summed E-state index contributed by atoms with van der Waals surface area (Å²) < 4.78 is 4.67. The Morgan fingerprint density at radius 2 is 1.22 bits per heavy atom. The van der Waals surface area contributed by atoms with Crippen molar-refractivity contribution in [3.63, 3.8) is 0 Å². The molecule has 1 aliphatic carbocycles. The molecule has 3 aromatic heterocycles. The zero-order valence-corrected chi connectivity index (χ0v) is 26.9. The topological polar surface area (TPSA) is 35.6 Å². The average molecular weight is 629 g/mol. The molecule has 0 atom stereocenters. The number of nitrogens with zero attached hydrogens (tertiary/aromatic N) is 4. The molecule has 0 fully saturated rings. The molecule has 0 N–H and O–H groups in total. The van der Waals surface area contributed by atoms with Crippen molar-refractivity contribution in [3.05, 3.63) is 182 Å². The maximum Gasteiger partial charge on any atom is 0.235 e. The van der Waals surface area contributed by atoms with Gasteiger partial charge in [0, 0.05) is 27.8 Å². The molecule has 4 nitrogen and oxygen atoms in total. The Kier molecular flexibility index (Phi) is 6.98. The maximum atomic E-state index is 5.35. The van der Waals surface area contributed by atoms with Gasteiger partial charge >= 0.3 is 0 Å². The van der Waals surface area contributed by atoms with E-state index in [-0.39, 0.29) is 0 Å². The maximum absolute atomic E-state index is 5.35. The van der Waals surface area contributed by atoms with E-state index >= 15 is 0 Å². The molecular weight excluding hydrogens is 597 g/mol. The van der Waals surface area contributed by atoms with E-state index in [0.29, 0.717) is 5.95 Å². The minimum Gasteiger partial charge on any atom is -0.307 e. The quantitative estimate of drug-likeness (QED) is 0.194. The van der Waals surface area contributed by atoms with Crippen molar-refractivity contribution in [1.82, 2.24) is 19.1 Å². The van der Waals surface area contributed by atoms with Gasteiger partial charge in [-0.05, 0) is 53.1 Å². The van der Waals surface area contributed by atoms with E-state index in [1.54, 1.807) is 0 Å². The number of rotatable bonds is 4. The van der Waals surface area contributed by atoms with Crippen LogP contribution in [0.5, 0.6) is 0 Å². The highest BCUT2D eigenvalue weighted by atomic mass is 15.2. The number of allylic oxidation sites excluding steroid dienone is 6. The molecular formula is C45H32N4. The van der Waals surface area contributed by atoms with Gasteiger partial charge in [0.2, 0.25) is 5.95 Å². The predicted molar refractivity (Wildman–Crippen MR) is 205 cm³/mol. The number of benzene rings is 5. The third-order valence-electron chi connectivity index (χ3n) is 9.27. The number of fused-ring (bicyclic) bond motifs is 7. The van der Waals surface area contributed by atoms with Crippen molar-refractivity contribution < 1.29 is 0 Å². The van der Waals surface area contributed by atoms with E-state index in [0.717, 1.165) is 73.4 Å². The van der Waals surface area contributed by atoms with Gasteiger partial charge in [-0.25, -0.2) is 9.97 Å². The van der Waals surface area contributed by atoms with E-state index in [9.17, 15) is 0 Å². The van der Waals surface area contributed by atoms with Gasteiger partial charge in [-0.1, -0.05) is 146 Å². The summed E-state index contributed by atoms with van der Waals surface area (Å²) in [6.45, 7) is 4.66. The minimum absolute atomic E-state index is 0.612. The van der Waals surface area contributed by atoms with Crippen LogP contribution in [0, 0.1) is 0 Å². The van der Waals surface area contributed by atoms with Crippen LogP contribution in [0.2, 0.25) is 0 Å². The van der Waals surface area contributed by atoms with Crippen molar-refractivity contribution >= 4 is 44.4 Å². The van der Waals surface area contributed by atoms with E-state index in [4.69, 9.17) is 9.97 Å². The standard InChI is InChI=1S/C45H32N4/c1-31-18-8-3-2-4-15-27-39-41(31)43-44(48(39)35-24-13-7-14-25-35)42-36-26-17-16-19-32(36)28-29-40(42)49(43)45-46-37(33-20-9-5-10-21-33)30-38(47-45)34-22-11-6-12-23-34/h2-3,5-30H,1,4H2/b3-2-,18-8-,27-15-. The third kappa shape index (κ3) is 4.85. The van der Waals surface area contributed by atoms with E-state index in [1.807, 2.05) is 12.1 Å². The summed E-state index contributed by atoms with van der Waals surface area (Å²) in [7, 11) is 0. The molecule has 9 rings (SSSR count). The van der Waals surface area contributed by atoms with E-state index in [1.165, 1.54) is 10.8 Å². The van der Waals surface area contributed by atoms with Crippen molar-refractivity contribution in [2.24, 2.45) is 0 Å².